The number of nitrogens with one attached hydrogen (secondary N) is 2. The lowest BCUT2D eigenvalue weighted by atomic mass is 10.1. The van der Waals surface area contributed by atoms with E-state index in [0.29, 0.717) is 27.8 Å². The van der Waals surface area contributed by atoms with E-state index in [1.54, 1.807) is 22.7 Å². The Hall–Kier alpha value is -4.26. The summed E-state index contributed by atoms with van der Waals surface area (Å²) in [7, 11) is 0. The van der Waals surface area contributed by atoms with Crippen molar-refractivity contribution in [2.24, 2.45) is 0 Å². The monoisotopic (exact) mass is 409 g/mol. The molecular formula is C24H19N5O2. The molecule has 3 aromatic carbocycles. The molecule has 0 saturated heterocycles. The molecule has 0 aliphatic carbocycles. The average Bonchev–Trinajstić information content (AvgIpc) is 3.24. The molecule has 5 aromatic rings. The van der Waals surface area contributed by atoms with Crippen molar-refractivity contribution in [2.45, 2.75) is 13.0 Å². The quantitative estimate of drug-likeness (QED) is 0.473. The summed E-state index contributed by atoms with van der Waals surface area (Å²) in [5.74, 6) is -0.223. The zero-order valence-corrected chi connectivity index (χ0v) is 16.7. The molecule has 2 aromatic heterocycles. The van der Waals surface area contributed by atoms with Gasteiger partial charge in [-0.1, -0.05) is 60.7 Å². The second kappa shape index (κ2) is 7.53. The van der Waals surface area contributed by atoms with Crippen LogP contribution in [0, 0.1) is 0 Å². The fraction of sp³-hybridized carbons (Fsp3) is 0.0833. The normalized spacial score (nSPS) is 12.2. The number of carbonyl (C=O) groups is 1. The molecule has 5 rings (SSSR count). The molecule has 0 fully saturated rings. The highest BCUT2D eigenvalue weighted by atomic mass is 16.1. The third-order valence-corrected chi connectivity index (χ3v) is 5.32. The average molecular weight is 409 g/mol. The maximum Gasteiger partial charge on any atom is 0.281 e. The molecule has 1 amide bonds. The molecule has 0 aliphatic rings. The van der Waals surface area contributed by atoms with Crippen LogP contribution in [-0.4, -0.2) is 25.7 Å². The first-order valence-electron chi connectivity index (χ1n) is 9.94. The number of rotatable bonds is 4. The number of aromatic amines is 1. The maximum atomic E-state index is 12.9. The number of aromatic nitrogens is 4. The molecule has 7 heteroatoms. The van der Waals surface area contributed by atoms with Gasteiger partial charge < -0.3 is 5.32 Å². The first kappa shape index (κ1) is 18.7. The highest BCUT2D eigenvalue weighted by Gasteiger charge is 2.17. The third kappa shape index (κ3) is 3.36. The number of amides is 1. The van der Waals surface area contributed by atoms with E-state index >= 15 is 0 Å². The summed E-state index contributed by atoms with van der Waals surface area (Å²) in [6, 6.07) is 24.1. The van der Waals surface area contributed by atoms with Crippen molar-refractivity contribution < 1.29 is 4.79 Å². The van der Waals surface area contributed by atoms with E-state index in [4.69, 9.17) is 0 Å². The number of benzene rings is 3. The number of nitrogens with zero attached hydrogens (tertiary/aromatic N) is 3. The fourth-order valence-electron chi connectivity index (χ4n) is 3.66. The summed E-state index contributed by atoms with van der Waals surface area (Å²) in [6.07, 6.45) is 0. The molecular weight excluding hydrogens is 390 g/mol. The highest BCUT2D eigenvalue weighted by Crippen LogP contribution is 2.23. The van der Waals surface area contributed by atoms with E-state index < -0.39 is 0 Å². The SMILES string of the molecule is CC(NC(=O)c1ccc2c(=O)nc3c(-c4ccccc4)n[nH]n3c2c1)c1ccccc1. The van der Waals surface area contributed by atoms with Gasteiger partial charge in [0.25, 0.3) is 11.5 Å². The van der Waals surface area contributed by atoms with Gasteiger partial charge in [0.1, 0.15) is 5.69 Å². The van der Waals surface area contributed by atoms with Crippen molar-refractivity contribution in [2.75, 3.05) is 0 Å². The molecule has 1 atom stereocenters. The van der Waals surface area contributed by atoms with Gasteiger partial charge in [-0.3, -0.25) is 9.59 Å². The lowest BCUT2D eigenvalue weighted by Gasteiger charge is -2.14. The fourth-order valence-corrected chi connectivity index (χ4v) is 3.66. The van der Waals surface area contributed by atoms with Crippen LogP contribution in [0.15, 0.2) is 83.7 Å². The molecule has 7 nitrogen and oxygen atoms in total. The topological polar surface area (TPSA) is 92.2 Å². The summed E-state index contributed by atoms with van der Waals surface area (Å²) in [4.78, 5) is 29.7. The van der Waals surface area contributed by atoms with Crippen molar-refractivity contribution in [1.82, 2.24) is 25.1 Å². The van der Waals surface area contributed by atoms with Crippen molar-refractivity contribution in [3.05, 3.63) is 100 Å². The molecule has 0 radical (unpaired) electrons. The molecule has 2 N–H and O–H groups in total. The number of H-pyrrole nitrogens is 1. The van der Waals surface area contributed by atoms with Gasteiger partial charge in [-0.05, 0) is 30.7 Å². The largest absolute Gasteiger partial charge is 0.346 e. The molecule has 0 aliphatic heterocycles. The second-order valence-electron chi connectivity index (χ2n) is 7.34. The highest BCUT2D eigenvalue weighted by molar-refractivity contribution is 5.98. The van der Waals surface area contributed by atoms with Crippen LogP contribution < -0.4 is 10.9 Å². The molecule has 0 bridgehead atoms. The van der Waals surface area contributed by atoms with Gasteiger partial charge in [0.05, 0.1) is 16.9 Å². The predicted molar refractivity (Wildman–Crippen MR) is 119 cm³/mol. The Kier molecular flexibility index (Phi) is 4.55. The third-order valence-electron chi connectivity index (χ3n) is 5.32. The summed E-state index contributed by atoms with van der Waals surface area (Å²) < 4.78 is 1.64. The van der Waals surface area contributed by atoms with Gasteiger partial charge in [0, 0.05) is 11.1 Å². The van der Waals surface area contributed by atoms with Crippen LogP contribution in [0.3, 0.4) is 0 Å². The van der Waals surface area contributed by atoms with Gasteiger partial charge in [0.15, 0.2) is 5.65 Å². The Balaban J connectivity index is 1.57. The Labute approximate surface area is 177 Å². The molecule has 31 heavy (non-hydrogen) atoms. The minimum Gasteiger partial charge on any atom is -0.346 e. The van der Waals surface area contributed by atoms with E-state index in [9.17, 15) is 9.59 Å². The van der Waals surface area contributed by atoms with Crippen LogP contribution >= 0.6 is 0 Å². The van der Waals surface area contributed by atoms with Crippen molar-refractivity contribution in [1.29, 1.82) is 0 Å². The zero-order valence-electron chi connectivity index (χ0n) is 16.7. The minimum atomic E-state index is -0.363. The summed E-state index contributed by atoms with van der Waals surface area (Å²) in [5.41, 5.74) is 3.48. The Bertz CT molecular complexity index is 1460. The maximum absolute atomic E-state index is 12.9. The van der Waals surface area contributed by atoms with Crippen molar-refractivity contribution in [3.8, 4) is 11.3 Å². The van der Waals surface area contributed by atoms with E-state index in [1.165, 1.54) is 0 Å². The first-order valence-corrected chi connectivity index (χ1v) is 9.94. The van der Waals surface area contributed by atoms with Gasteiger partial charge in [-0.25, -0.2) is 9.73 Å². The van der Waals surface area contributed by atoms with Crippen molar-refractivity contribution >= 4 is 22.5 Å². The van der Waals surface area contributed by atoms with Crippen LogP contribution in [-0.2, 0) is 0 Å². The molecule has 0 saturated carbocycles. The van der Waals surface area contributed by atoms with Gasteiger partial charge >= 0.3 is 0 Å². The van der Waals surface area contributed by atoms with Crippen LogP contribution in [0.5, 0.6) is 0 Å². The van der Waals surface area contributed by atoms with Gasteiger partial charge in [0.2, 0.25) is 0 Å². The van der Waals surface area contributed by atoms with Gasteiger partial charge in [-0.2, -0.15) is 10.1 Å². The minimum absolute atomic E-state index is 0.151. The van der Waals surface area contributed by atoms with E-state index in [1.807, 2.05) is 67.6 Å². The smallest absolute Gasteiger partial charge is 0.281 e. The van der Waals surface area contributed by atoms with Crippen LogP contribution in [0.4, 0.5) is 0 Å². The molecule has 1 unspecified atom stereocenters. The number of carbonyl (C=O) groups excluding carboxylic acids is 1. The van der Waals surface area contributed by atoms with Crippen molar-refractivity contribution in [3.63, 3.8) is 0 Å². The molecule has 152 valence electrons. The predicted octanol–water partition coefficient (Wildman–Crippen LogP) is 3.73. The number of fused-ring (bicyclic) bond motifs is 3. The van der Waals surface area contributed by atoms with Crippen LogP contribution in [0.2, 0.25) is 0 Å². The van der Waals surface area contributed by atoms with Gasteiger partial charge in [-0.15, -0.1) is 0 Å². The van der Waals surface area contributed by atoms with E-state index in [-0.39, 0.29) is 17.5 Å². The first-order chi connectivity index (χ1) is 15.1. The molecule has 2 heterocycles. The second-order valence-corrected chi connectivity index (χ2v) is 7.34. The number of hydrogen-bond donors (Lipinski definition) is 2. The van der Waals surface area contributed by atoms with Crippen LogP contribution in [0.25, 0.3) is 27.8 Å². The summed E-state index contributed by atoms with van der Waals surface area (Å²) >= 11 is 0. The standard InChI is InChI=1S/C24H19N5O2/c1-15(16-8-4-2-5-9-16)25-23(30)18-12-13-19-20(14-18)29-22(26-24(19)31)21(27-28-29)17-10-6-3-7-11-17/h2-15,28H,1H3,(H,25,30). The molecule has 0 spiro atoms. The van der Waals surface area contributed by atoms with Crippen LogP contribution in [0.1, 0.15) is 28.9 Å². The summed E-state index contributed by atoms with van der Waals surface area (Å²) in [6.45, 7) is 1.93. The Morgan fingerprint density at radius 3 is 2.45 bits per heavy atom. The Morgan fingerprint density at radius 1 is 1.00 bits per heavy atom. The summed E-state index contributed by atoms with van der Waals surface area (Å²) in [5, 5.41) is 10.7. The lowest BCUT2D eigenvalue weighted by molar-refractivity contribution is 0.0940. The number of hydrogen-bond acceptors (Lipinski definition) is 4. The lowest BCUT2D eigenvalue weighted by Crippen LogP contribution is -2.26. The van der Waals surface area contributed by atoms with E-state index in [2.05, 4.69) is 20.6 Å². The van der Waals surface area contributed by atoms with E-state index in [0.717, 1.165) is 11.1 Å². The zero-order chi connectivity index (χ0) is 21.4. The Morgan fingerprint density at radius 2 is 1.71 bits per heavy atom.